The molecule has 0 aromatic heterocycles. The number of aliphatic hydroxyl groups excluding tert-OH is 1. The minimum absolute atomic E-state index is 0.0935. The second-order valence-electron chi connectivity index (χ2n) is 6.29. The van der Waals surface area contributed by atoms with Gasteiger partial charge < -0.3 is 15.2 Å². The molecule has 3 rings (SSSR count). The number of hydrogen-bond acceptors (Lipinski definition) is 4. The Hall–Kier alpha value is -3.18. The van der Waals surface area contributed by atoms with E-state index in [0.29, 0.717) is 11.1 Å². The van der Waals surface area contributed by atoms with Crippen LogP contribution in [0, 0.1) is 0 Å². The fourth-order valence-corrected chi connectivity index (χ4v) is 2.95. The molecule has 0 unspecified atom stereocenters. The Morgan fingerprint density at radius 2 is 1.70 bits per heavy atom. The number of esters is 1. The number of carbonyl (C=O) groups excluding carboxylic acids is 2. The second kappa shape index (κ2) is 8.47. The van der Waals surface area contributed by atoms with Crippen molar-refractivity contribution in [2.24, 2.45) is 0 Å². The molecule has 0 bridgehead atoms. The lowest BCUT2D eigenvalue weighted by Gasteiger charge is -2.16. The van der Waals surface area contributed by atoms with Gasteiger partial charge in [0.2, 0.25) is 0 Å². The Labute approximate surface area is 157 Å². The summed E-state index contributed by atoms with van der Waals surface area (Å²) < 4.78 is 5.07. The SMILES string of the molecule is C[C@@H](NC(=O)COC(=O)c1ccc(CO)cc1)c1cccc2ccccc12. The number of aliphatic hydroxyl groups is 1. The van der Waals surface area contributed by atoms with Crippen LogP contribution in [-0.2, 0) is 16.1 Å². The normalized spacial score (nSPS) is 11.8. The highest BCUT2D eigenvalue weighted by Crippen LogP contribution is 2.23. The van der Waals surface area contributed by atoms with Crippen molar-refractivity contribution >= 4 is 22.6 Å². The first-order valence-corrected chi connectivity index (χ1v) is 8.72. The van der Waals surface area contributed by atoms with Crippen molar-refractivity contribution in [2.75, 3.05) is 6.61 Å². The van der Waals surface area contributed by atoms with Gasteiger partial charge in [0.05, 0.1) is 18.2 Å². The standard InChI is InChI=1S/C22H21NO4/c1-15(19-8-4-6-17-5-2-3-7-20(17)19)23-21(25)14-27-22(26)18-11-9-16(13-24)10-12-18/h2-12,15,24H,13-14H2,1H3,(H,23,25)/t15-/m1/s1. The minimum Gasteiger partial charge on any atom is -0.452 e. The van der Waals surface area contributed by atoms with E-state index in [4.69, 9.17) is 9.84 Å². The van der Waals surface area contributed by atoms with Crippen molar-refractivity contribution in [2.45, 2.75) is 19.6 Å². The van der Waals surface area contributed by atoms with E-state index >= 15 is 0 Å². The smallest absolute Gasteiger partial charge is 0.338 e. The van der Waals surface area contributed by atoms with Crippen LogP contribution in [0.3, 0.4) is 0 Å². The van der Waals surface area contributed by atoms with E-state index in [1.165, 1.54) is 0 Å². The lowest BCUT2D eigenvalue weighted by atomic mass is 10.00. The third kappa shape index (κ3) is 4.51. The zero-order chi connectivity index (χ0) is 19.2. The Morgan fingerprint density at radius 3 is 2.44 bits per heavy atom. The van der Waals surface area contributed by atoms with Gasteiger partial charge in [0.15, 0.2) is 6.61 Å². The summed E-state index contributed by atoms with van der Waals surface area (Å²) in [6, 6.07) is 20.1. The van der Waals surface area contributed by atoms with Gasteiger partial charge in [-0.2, -0.15) is 0 Å². The summed E-state index contributed by atoms with van der Waals surface area (Å²) in [4.78, 5) is 24.2. The molecule has 2 N–H and O–H groups in total. The van der Waals surface area contributed by atoms with E-state index in [0.717, 1.165) is 16.3 Å². The predicted octanol–water partition coefficient (Wildman–Crippen LogP) is 3.37. The molecular formula is C22H21NO4. The van der Waals surface area contributed by atoms with E-state index in [-0.39, 0.29) is 25.2 Å². The molecule has 0 aliphatic rings. The van der Waals surface area contributed by atoms with Gasteiger partial charge >= 0.3 is 5.97 Å². The summed E-state index contributed by atoms with van der Waals surface area (Å²) in [6.07, 6.45) is 0. The summed E-state index contributed by atoms with van der Waals surface area (Å²) in [6.45, 7) is 1.45. The zero-order valence-electron chi connectivity index (χ0n) is 15.0. The minimum atomic E-state index is -0.576. The van der Waals surface area contributed by atoms with Crippen LogP contribution in [0.15, 0.2) is 66.7 Å². The lowest BCUT2D eigenvalue weighted by Crippen LogP contribution is -2.31. The lowest BCUT2D eigenvalue weighted by molar-refractivity contribution is -0.124. The Kier molecular flexibility index (Phi) is 5.84. The molecule has 0 fully saturated rings. The molecule has 0 heterocycles. The summed E-state index contributed by atoms with van der Waals surface area (Å²) in [7, 11) is 0. The summed E-state index contributed by atoms with van der Waals surface area (Å²) in [5.41, 5.74) is 2.04. The third-order valence-electron chi connectivity index (χ3n) is 4.37. The predicted molar refractivity (Wildman–Crippen MR) is 103 cm³/mol. The molecule has 27 heavy (non-hydrogen) atoms. The molecule has 138 valence electrons. The first-order valence-electron chi connectivity index (χ1n) is 8.72. The molecule has 0 saturated heterocycles. The highest BCUT2D eigenvalue weighted by molar-refractivity contribution is 5.91. The van der Waals surface area contributed by atoms with Crippen molar-refractivity contribution in [1.82, 2.24) is 5.32 Å². The van der Waals surface area contributed by atoms with E-state index in [1.54, 1.807) is 24.3 Å². The molecule has 0 spiro atoms. The van der Waals surface area contributed by atoms with Gasteiger partial charge in [0.1, 0.15) is 0 Å². The average Bonchev–Trinajstić information content (AvgIpc) is 2.71. The maximum Gasteiger partial charge on any atom is 0.338 e. The monoisotopic (exact) mass is 363 g/mol. The van der Waals surface area contributed by atoms with E-state index in [2.05, 4.69) is 5.32 Å². The van der Waals surface area contributed by atoms with Gasteiger partial charge in [-0.25, -0.2) is 4.79 Å². The van der Waals surface area contributed by atoms with Crippen molar-refractivity contribution in [3.05, 3.63) is 83.4 Å². The maximum absolute atomic E-state index is 12.2. The number of hydrogen-bond donors (Lipinski definition) is 2. The molecule has 0 saturated carbocycles. The van der Waals surface area contributed by atoms with E-state index < -0.39 is 5.97 Å². The topological polar surface area (TPSA) is 75.6 Å². The highest BCUT2D eigenvalue weighted by Gasteiger charge is 2.14. The molecular weight excluding hydrogens is 342 g/mol. The van der Waals surface area contributed by atoms with E-state index in [9.17, 15) is 9.59 Å². The first kappa shape index (κ1) is 18.6. The van der Waals surface area contributed by atoms with Gasteiger partial charge in [0.25, 0.3) is 5.91 Å². The van der Waals surface area contributed by atoms with Crippen molar-refractivity contribution in [3.63, 3.8) is 0 Å². The molecule has 1 atom stereocenters. The summed E-state index contributed by atoms with van der Waals surface area (Å²) in [5.74, 6) is -0.941. The van der Waals surface area contributed by atoms with Crippen LogP contribution in [-0.4, -0.2) is 23.6 Å². The van der Waals surface area contributed by atoms with Crippen molar-refractivity contribution in [3.8, 4) is 0 Å². The second-order valence-corrected chi connectivity index (χ2v) is 6.29. The van der Waals surface area contributed by atoms with Gasteiger partial charge in [0, 0.05) is 0 Å². The van der Waals surface area contributed by atoms with Gasteiger partial charge in [-0.05, 0) is 41.0 Å². The number of rotatable bonds is 6. The fourth-order valence-electron chi connectivity index (χ4n) is 2.95. The summed E-state index contributed by atoms with van der Waals surface area (Å²) in [5, 5.41) is 14.1. The quantitative estimate of drug-likeness (QED) is 0.659. The van der Waals surface area contributed by atoms with Gasteiger partial charge in [-0.3, -0.25) is 4.79 Å². The highest BCUT2D eigenvalue weighted by atomic mass is 16.5. The van der Waals surface area contributed by atoms with Crippen LogP contribution in [0.2, 0.25) is 0 Å². The number of ether oxygens (including phenoxy) is 1. The molecule has 3 aromatic rings. The van der Waals surface area contributed by atoms with Crippen LogP contribution in [0.5, 0.6) is 0 Å². The van der Waals surface area contributed by atoms with Crippen LogP contribution in [0.4, 0.5) is 0 Å². The third-order valence-corrected chi connectivity index (χ3v) is 4.37. The maximum atomic E-state index is 12.2. The largest absolute Gasteiger partial charge is 0.452 e. The van der Waals surface area contributed by atoms with Crippen LogP contribution < -0.4 is 5.32 Å². The van der Waals surface area contributed by atoms with E-state index in [1.807, 2.05) is 49.4 Å². The number of fused-ring (bicyclic) bond motifs is 1. The molecule has 1 amide bonds. The Morgan fingerprint density at radius 1 is 1.00 bits per heavy atom. The molecule has 0 aliphatic carbocycles. The molecule has 0 aliphatic heterocycles. The summed E-state index contributed by atoms with van der Waals surface area (Å²) >= 11 is 0. The van der Waals surface area contributed by atoms with Gasteiger partial charge in [-0.1, -0.05) is 54.6 Å². The van der Waals surface area contributed by atoms with Crippen LogP contribution >= 0.6 is 0 Å². The first-order chi connectivity index (χ1) is 13.1. The molecule has 5 nitrogen and oxygen atoms in total. The van der Waals surface area contributed by atoms with Crippen molar-refractivity contribution in [1.29, 1.82) is 0 Å². The van der Waals surface area contributed by atoms with Crippen LogP contribution in [0.1, 0.15) is 34.5 Å². The Bertz CT molecular complexity index is 945. The zero-order valence-corrected chi connectivity index (χ0v) is 15.0. The molecule has 0 radical (unpaired) electrons. The molecule has 5 heteroatoms. The fraction of sp³-hybridized carbons (Fsp3) is 0.182. The Balaban J connectivity index is 1.59. The molecule has 3 aromatic carbocycles. The van der Waals surface area contributed by atoms with Crippen LogP contribution in [0.25, 0.3) is 10.8 Å². The van der Waals surface area contributed by atoms with Crippen molar-refractivity contribution < 1.29 is 19.4 Å². The average molecular weight is 363 g/mol. The van der Waals surface area contributed by atoms with Gasteiger partial charge in [-0.15, -0.1) is 0 Å². The number of carbonyl (C=O) groups is 2. The number of amides is 1. The number of benzene rings is 3. The number of nitrogens with one attached hydrogen (secondary N) is 1.